The van der Waals surface area contributed by atoms with E-state index in [1.807, 2.05) is 0 Å². The van der Waals surface area contributed by atoms with E-state index in [-0.39, 0.29) is 19.3 Å². The van der Waals surface area contributed by atoms with Crippen LogP contribution in [0.25, 0.3) is 0 Å². The van der Waals surface area contributed by atoms with Crippen LogP contribution in [0.1, 0.15) is 129 Å². The Balaban J connectivity index is 3.53. The van der Waals surface area contributed by atoms with E-state index >= 15 is 0 Å². The van der Waals surface area contributed by atoms with Crippen molar-refractivity contribution in [2.45, 2.75) is 135 Å². The van der Waals surface area contributed by atoms with Crippen molar-refractivity contribution < 1.29 is 15.3 Å². The highest BCUT2D eigenvalue weighted by molar-refractivity contribution is 4.66. The number of nitrogens with zero attached hydrogens (tertiary/aromatic N) is 1. The van der Waals surface area contributed by atoms with Gasteiger partial charge in [-0.05, 0) is 45.2 Å². The Morgan fingerprint density at radius 1 is 0.533 bits per heavy atom. The lowest BCUT2D eigenvalue weighted by Crippen LogP contribution is -2.34. The summed E-state index contributed by atoms with van der Waals surface area (Å²) in [5, 5.41) is 28.3. The Hall–Kier alpha value is -0.160. The molecule has 1 unspecified atom stereocenters. The van der Waals surface area contributed by atoms with Gasteiger partial charge in [-0.3, -0.25) is 0 Å². The van der Waals surface area contributed by atoms with Gasteiger partial charge in [-0.25, -0.2) is 0 Å². The number of hydrogen-bond donors (Lipinski definition) is 3. The first-order chi connectivity index (χ1) is 14.7. The Morgan fingerprint density at radius 3 is 1.33 bits per heavy atom. The molecular formula is C26H55NO3. The molecule has 0 saturated carbocycles. The maximum absolute atomic E-state index is 10.4. The second-order valence-electron chi connectivity index (χ2n) is 9.20. The highest BCUT2D eigenvalue weighted by Gasteiger charge is 2.11. The minimum atomic E-state index is -0.245. The van der Waals surface area contributed by atoms with Crippen LogP contribution >= 0.6 is 0 Å². The van der Waals surface area contributed by atoms with Crippen molar-refractivity contribution >= 4 is 0 Å². The van der Waals surface area contributed by atoms with E-state index in [0.29, 0.717) is 0 Å². The summed E-state index contributed by atoms with van der Waals surface area (Å²) in [4.78, 5) is 2.31. The fourth-order valence-corrected chi connectivity index (χ4v) is 4.15. The summed E-state index contributed by atoms with van der Waals surface area (Å²) in [6.07, 6.45) is 23.3. The molecule has 0 aromatic heterocycles. The minimum absolute atomic E-state index is 0.242. The van der Waals surface area contributed by atoms with Gasteiger partial charge in [-0.1, -0.05) is 96.8 Å². The molecule has 182 valence electrons. The van der Waals surface area contributed by atoms with Crippen LogP contribution in [0.2, 0.25) is 0 Å². The molecule has 0 heterocycles. The fourth-order valence-electron chi connectivity index (χ4n) is 4.15. The average molecular weight is 430 g/mol. The van der Waals surface area contributed by atoms with Crippen molar-refractivity contribution in [3.63, 3.8) is 0 Å². The van der Waals surface area contributed by atoms with Crippen molar-refractivity contribution in [2.75, 3.05) is 32.8 Å². The van der Waals surface area contributed by atoms with Crippen LogP contribution < -0.4 is 0 Å². The zero-order valence-corrected chi connectivity index (χ0v) is 20.3. The van der Waals surface area contributed by atoms with Crippen LogP contribution in [0, 0.1) is 0 Å². The molecule has 0 aliphatic carbocycles. The second kappa shape index (κ2) is 25.1. The largest absolute Gasteiger partial charge is 0.396 e. The Bertz CT molecular complexity index is 305. The maximum atomic E-state index is 10.4. The molecule has 0 spiro atoms. The van der Waals surface area contributed by atoms with Crippen molar-refractivity contribution in [1.29, 1.82) is 0 Å². The number of aliphatic hydroxyl groups is 3. The highest BCUT2D eigenvalue weighted by atomic mass is 16.3. The summed E-state index contributed by atoms with van der Waals surface area (Å²) in [5.74, 6) is 0. The molecule has 0 fully saturated rings. The van der Waals surface area contributed by atoms with E-state index in [2.05, 4.69) is 11.8 Å². The maximum Gasteiger partial charge on any atom is 0.0667 e. The van der Waals surface area contributed by atoms with Gasteiger partial charge in [-0.2, -0.15) is 0 Å². The van der Waals surface area contributed by atoms with Crippen LogP contribution in [0.3, 0.4) is 0 Å². The monoisotopic (exact) mass is 429 g/mol. The number of unbranched alkanes of at least 4 members (excludes halogenated alkanes) is 15. The number of hydrogen-bond acceptors (Lipinski definition) is 4. The minimum Gasteiger partial charge on any atom is -0.396 e. The van der Waals surface area contributed by atoms with Crippen LogP contribution in [0.5, 0.6) is 0 Å². The summed E-state index contributed by atoms with van der Waals surface area (Å²) in [7, 11) is 0. The van der Waals surface area contributed by atoms with E-state index < -0.39 is 0 Å². The smallest absolute Gasteiger partial charge is 0.0667 e. The van der Waals surface area contributed by atoms with Gasteiger partial charge in [0.05, 0.1) is 6.10 Å². The second-order valence-corrected chi connectivity index (χ2v) is 9.20. The van der Waals surface area contributed by atoms with E-state index in [4.69, 9.17) is 10.2 Å². The Morgan fingerprint density at radius 2 is 0.933 bits per heavy atom. The SMILES string of the molecule is CCCCCCCCCCCCCCCCC(O)CN(CCCCO)CCCCO. The quantitative estimate of drug-likeness (QED) is 0.154. The molecule has 0 aliphatic rings. The first-order valence-corrected chi connectivity index (χ1v) is 13.4. The normalized spacial score (nSPS) is 12.7. The zero-order valence-electron chi connectivity index (χ0n) is 20.3. The van der Waals surface area contributed by atoms with Crippen LogP contribution in [-0.2, 0) is 0 Å². The van der Waals surface area contributed by atoms with Crippen LogP contribution in [0.15, 0.2) is 0 Å². The third-order valence-electron chi connectivity index (χ3n) is 6.12. The van der Waals surface area contributed by atoms with Gasteiger partial charge in [0.15, 0.2) is 0 Å². The van der Waals surface area contributed by atoms with Crippen molar-refractivity contribution in [3.05, 3.63) is 0 Å². The first kappa shape index (κ1) is 29.8. The van der Waals surface area contributed by atoms with E-state index in [1.54, 1.807) is 0 Å². The van der Waals surface area contributed by atoms with Crippen LogP contribution in [-0.4, -0.2) is 59.2 Å². The zero-order chi connectivity index (χ0) is 22.1. The molecule has 4 heteroatoms. The lowest BCUT2D eigenvalue weighted by Gasteiger charge is -2.25. The molecule has 0 aromatic rings. The molecule has 30 heavy (non-hydrogen) atoms. The Kier molecular flexibility index (Phi) is 25.0. The van der Waals surface area contributed by atoms with Crippen LogP contribution in [0.4, 0.5) is 0 Å². The van der Waals surface area contributed by atoms with E-state index in [9.17, 15) is 5.11 Å². The van der Waals surface area contributed by atoms with Gasteiger partial charge in [0.25, 0.3) is 0 Å². The first-order valence-electron chi connectivity index (χ1n) is 13.4. The fraction of sp³-hybridized carbons (Fsp3) is 1.00. The van der Waals surface area contributed by atoms with E-state index in [0.717, 1.165) is 58.2 Å². The molecule has 0 amide bonds. The predicted octanol–water partition coefficient (Wildman–Crippen LogP) is 6.07. The third kappa shape index (κ3) is 22.5. The lowest BCUT2D eigenvalue weighted by atomic mass is 10.0. The summed E-state index contributed by atoms with van der Waals surface area (Å²) < 4.78 is 0. The third-order valence-corrected chi connectivity index (χ3v) is 6.12. The van der Waals surface area contributed by atoms with Crippen molar-refractivity contribution in [2.24, 2.45) is 0 Å². The highest BCUT2D eigenvalue weighted by Crippen LogP contribution is 2.14. The standard InChI is InChI=1S/C26H55NO3/c1-2-3-4-5-6-7-8-9-10-11-12-13-14-15-20-26(30)25-27(21-16-18-23-28)22-17-19-24-29/h26,28-30H,2-25H2,1H3. The molecule has 0 bridgehead atoms. The van der Waals surface area contributed by atoms with Gasteiger partial charge in [-0.15, -0.1) is 0 Å². The molecule has 3 N–H and O–H groups in total. The van der Waals surface area contributed by atoms with Gasteiger partial charge in [0, 0.05) is 19.8 Å². The molecule has 0 aromatic carbocycles. The molecule has 4 nitrogen and oxygen atoms in total. The summed E-state index contributed by atoms with van der Waals surface area (Å²) in [6.45, 7) is 5.36. The van der Waals surface area contributed by atoms with Gasteiger partial charge < -0.3 is 20.2 Å². The summed E-state index contributed by atoms with van der Waals surface area (Å²) in [6, 6.07) is 0. The number of aliphatic hydroxyl groups excluding tert-OH is 3. The van der Waals surface area contributed by atoms with Gasteiger partial charge in [0.2, 0.25) is 0 Å². The molecule has 0 radical (unpaired) electrons. The van der Waals surface area contributed by atoms with Gasteiger partial charge >= 0.3 is 0 Å². The lowest BCUT2D eigenvalue weighted by molar-refractivity contribution is 0.0987. The average Bonchev–Trinajstić information content (AvgIpc) is 2.74. The molecular weight excluding hydrogens is 374 g/mol. The molecule has 0 aliphatic heterocycles. The van der Waals surface area contributed by atoms with Crippen molar-refractivity contribution in [3.8, 4) is 0 Å². The van der Waals surface area contributed by atoms with Crippen molar-refractivity contribution in [1.82, 2.24) is 4.90 Å². The van der Waals surface area contributed by atoms with E-state index in [1.165, 1.54) is 83.5 Å². The summed E-state index contributed by atoms with van der Waals surface area (Å²) in [5.41, 5.74) is 0. The summed E-state index contributed by atoms with van der Waals surface area (Å²) >= 11 is 0. The molecule has 0 saturated heterocycles. The van der Waals surface area contributed by atoms with Gasteiger partial charge in [0.1, 0.15) is 0 Å². The predicted molar refractivity (Wildman–Crippen MR) is 130 cm³/mol. The number of rotatable bonds is 25. The molecule has 0 rings (SSSR count). The molecule has 1 atom stereocenters. The topological polar surface area (TPSA) is 63.9 Å². The Labute approximate surface area is 188 Å².